The minimum atomic E-state index is -1.19. The monoisotopic (exact) mass is 546 g/mol. The minimum Gasteiger partial charge on any atom is -0.481 e. The molecule has 0 spiro atoms. The van der Waals surface area contributed by atoms with Crippen LogP contribution in [0.3, 0.4) is 0 Å². The van der Waals surface area contributed by atoms with Crippen LogP contribution in [0.4, 0.5) is 0 Å². The first-order chi connectivity index (χ1) is 18.2. The van der Waals surface area contributed by atoms with E-state index in [1.807, 2.05) is 0 Å². The third-order valence-corrected chi connectivity index (χ3v) is 5.76. The molecule has 6 N–H and O–H groups in total. The molecule has 1 aliphatic rings. The normalized spacial score (nSPS) is 14.3. The molecule has 0 aromatic carbocycles. The summed E-state index contributed by atoms with van der Waals surface area (Å²) in [5.74, 6) is -3.08. The van der Waals surface area contributed by atoms with Crippen LogP contribution in [-0.4, -0.2) is 112 Å². The van der Waals surface area contributed by atoms with E-state index in [1.54, 1.807) is 7.05 Å². The Morgan fingerprint density at radius 3 is 1.79 bits per heavy atom. The zero-order valence-corrected chi connectivity index (χ0v) is 22.1. The second kappa shape index (κ2) is 19.3. The molecule has 14 heteroatoms. The van der Waals surface area contributed by atoms with Crippen molar-refractivity contribution in [3.63, 3.8) is 0 Å². The van der Waals surface area contributed by atoms with Crippen LogP contribution in [0.5, 0.6) is 0 Å². The van der Waals surface area contributed by atoms with Crippen LogP contribution in [0.25, 0.3) is 0 Å². The van der Waals surface area contributed by atoms with E-state index >= 15 is 0 Å². The van der Waals surface area contributed by atoms with Gasteiger partial charge in [-0.25, -0.2) is 4.79 Å². The Balaban J connectivity index is 1.87. The van der Waals surface area contributed by atoms with Gasteiger partial charge in [-0.1, -0.05) is 0 Å². The van der Waals surface area contributed by atoms with Gasteiger partial charge in [0, 0.05) is 39.1 Å². The Morgan fingerprint density at radius 1 is 0.789 bits per heavy atom. The van der Waals surface area contributed by atoms with Crippen molar-refractivity contribution in [2.75, 3.05) is 66.3 Å². The standard InChI is InChI=1S/C24H42N4O10/c1-25-17-21(31)28-18(22(32)33)4-5-19(29)26-8-2-10-36-12-14-38-15-13-37-11-3-9-27-20(30)16-24(6-7-24)23(34)35/h18,25H,2-17H2,1H3,(H,26,29)(H,27,30)(H,28,31)(H,32,33)(H,34,35)/t18-/m0/s1. The van der Waals surface area contributed by atoms with Crippen molar-refractivity contribution in [3.8, 4) is 0 Å². The Morgan fingerprint density at radius 2 is 1.32 bits per heavy atom. The first kappa shape index (κ1) is 33.2. The zero-order chi connectivity index (χ0) is 28.2. The van der Waals surface area contributed by atoms with Crippen LogP contribution in [0.2, 0.25) is 0 Å². The fourth-order valence-corrected chi connectivity index (χ4v) is 3.36. The lowest BCUT2D eigenvalue weighted by Crippen LogP contribution is -2.44. The molecule has 1 aliphatic carbocycles. The molecule has 0 heterocycles. The third kappa shape index (κ3) is 15.4. The second-order valence-electron chi connectivity index (χ2n) is 9.03. The maximum atomic E-state index is 11.9. The molecule has 0 unspecified atom stereocenters. The zero-order valence-electron chi connectivity index (χ0n) is 22.1. The largest absolute Gasteiger partial charge is 0.481 e. The highest BCUT2D eigenvalue weighted by molar-refractivity contribution is 5.87. The summed E-state index contributed by atoms with van der Waals surface area (Å²) in [5, 5.41) is 28.6. The molecule has 0 bridgehead atoms. The summed E-state index contributed by atoms with van der Waals surface area (Å²) in [7, 11) is 1.57. The molecular weight excluding hydrogens is 504 g/mol. The van der Waals surface area contributed by atoms with Crippen LogP contribution in [0, 0.1) is 5.41 Å². The van der Waals surface area contributed by atoms with Crippen molar-refractivity contribution in [1.82, 2.24) is 21.3 Å². The summed E-state index contributed by atoms with van der Waals surface area (Å²) in [4.78, 5) is 57.4. The van der Waals surface area contributed by atoms with Gasteiger partial charge in [0.2, 0.25) is 17.7 Å². The highest BCUT2D eigenvalue weighted by Crippen LogP contribution is 2.48. The molecule has 218 valence electrons. The van der Waals surface area contributed by atoms with Crippen LogP contribution < -0.4 is 21.3 Å². The van der Waals surface area contributed by atoms with Gasteiger partial charge in [-0.2, -0.15) is 0 Å². The predicted octanol–water partition coefficient (Wildman–Crippen LogP) is -1.13. The summed E-state index contributed by atoms with van der Waals surface area (Å²) in [6, 6.07) is -1.12. The number of aliphatic carboxylic acids is 2. The van der Waals surface area contributed by atoms with E-state index in [0.29, 0.717) is 78.4 Å². The van der Waals surface area contributed by atoms with Crippen molar-refractivity contribution in [3.05, 3.63) is 0 Å². The van der Waals surface area contributed by atoms with Gasteiger partial charge in [0.15, 0.2) is 0 Å². The summed E-state index contributed by atoms with van der Waals surface area (Å²) < 4.78 is 16.2. The lowest BCUT2D eigenvalue weighted by atomic mass is 10.0. The van der Waals surface area contributed by atoms with Gasteiger partial charge in [-0.15, -0.1) is 0 Å². The fourth-order valence-electron chi connectivity index (χ4n) is 3.36. The van der Waals surface area contributed by atoms with E-state index in [9.17, 15) is 24.0 Å². The van der Waals surface area contributed by atoms with E-state index in [0.717, 1.165) is 0 Å². The number of hydrogen-bond acceptors (Lipinski definition) is 9. The number of carboxylic acids is 2. The molecule has 0 radical (unpaired) electrons. The molecule has 1 fully saturated rings. The number of nitrogens with one attached hydrogen (secondary N) is 4. The van der Waals surface area contributed by atoms with Crippen molar-refractivity contribution >= 4 is 29.7 Å². The van der Waals surface area contributed by atoms with Gasteiger partial charge in [0.25, 0.3) is 0 Å². The molecule has 3 amide bonds. The first-order valence-electron chi connectivity index (χ1n) is 12.9. The number of carbonyl (C=O) groups is 5. The van der Waals surface area contributed by atoms with Crippen LogP contribution in [0.15, 0.2) is 0 Å². The van der Waals surface area contributed by atoms with E-state index in [1.165, 1.54) is 0 Å². The molecule has 1 atom stereocenters. The van der Waals surface area contributed by atoms with E-state index in [2.05, 4.69) is 21.3 Å². The molecule has 0 saturated heterocycles. The number of likely N-dealkylation sites (N-methyl/N-ethyl adjacent to an activating group) is 1. The van der Waals surface area contributed by atoms with Crippen molar-refractivity contribution in [2.24, 2.45) is 5.41 Å². The Hall–Kier alpha value is -2.81. The predicted molar refractivity (Wildman–Crippen MR) is 134 cm³/mol. The lowest BCUT2D eigenvalue weighted by molar-refractivity contribution is -0.145. The van der Waals surface area contributed by atoms with Gasteiger partial charge in [0.1, 0.15) is 6.04 Å². The molecule has 1 rings (SSSR count). The van der Waals surface area contributed by atoms with Crippen molar-refractivity contribution in [1.29, 1.82) is 0 Å². The Kier molecular flexibility index (Phi) is 16.9. The minimum absolute atomic E-state index is 0.0000922. The van der Waals surface area contributed by atoms with Crippen molar-refractivity contribution < 1.29 is 48.4 Å². The number of amides is 3. The quantitative estimate of drug-likeness (QED) is 0.0800. The van der Waals surface area contributed by atoms with Crippen LogP contribution >= 0.6 is 0 Å². The number of ether oxygens (including phenoxy) is 3. The lowest BCUT2D eigenvalue weighted by Gasteiger charge is -2.14. The van der Waals surface area contributed by atoms with Gasteiger partial charge in [-0.3, -0.25) is 19.2 Å². The van der Waals surface area contributed by atoms with Crippen molar-refractivity contribution in [2.45, 2.75) is 51.0 Å². The molecule has 1 saturated carbocycles. The SMILES string of the molecule is CNCC(=O)N[C@@H](CCC(=O)NCCCOCCOCCOCCCNC(=O)CC1(C(=O)O)CC1)C(=O)O. The van der Waals surface area contributed by atoms with Gasteiger partial charge in [0.05, 0.1) is 38.4 Å². The van der Waals surface area contributed by atoms with E-state index in [4.69, 9.17) is 24.4 Å². The van der Waals surface area contributed by atoms with Crippen LogP contribution in [0.1, 0.15) is 44.9 Å². The van der Waals surface area contributed by atoms with E-state index in [-0.39, 0.29) is 37.6 Å². The number of carboxylic acid groups (broad SMARTS) is 2. The highest BCUT2D eigenvalue weighted by Gasteiger charge is 2.51. The summed E-state index contributed by atoms with van der Waals surface area (Å²) >= 11 is 0. The average Bonchev–Trinajstić information content (AvgIpc) is 3.64. The molecule has 38 heavy (non-hydrogen) atoms. The van der Waals surface area contributed by atoms with Gasteiger partial charge in [-0.05, 0) is 39.2 Å². The summed E-state index contributed by atoms with van der Waals surface area (Å²) in [5.41, 5.74) is -0.846. The maximum Gasteiger partial charge on any atom is 0.326 e. The molecule has 0 aromatic heterocycles. The van der Waals surface area contributed by atoms with Gasteiger partial charge >= 0.3 is 11.9 Å². The smallest absolute Gasteiger partial charge is 0.326 e. The van der Waals surface area contributed by atoms with Gasteiger partial charge < -0.3 is 45.7 Å². The summed E-state index contributed by atoms with van der Waals surface area (Å²) in [6.07, 6.45) is 2.34. The third-order valence-electron chi connectivity index (χ3n) is 5.76. The number of hydrogen-bond donors (Lipinski definition) is 6. The Bertz CT molecular complexity index is 760. The number of carbonyl (C=O) groups excluding carboxylic acids is 3. The van der Waals surface area contributed by atoms with Crippen LogP contribution in [-0.2, 0) is 38.2 Å². The highest BCUT2D eigenvalue weighted by atomic mass is 16.5. The topological polar surface area (TPSA) is 202 Å². The maximum absolute atomic E-state index is 11.9. The molecule has 0 aliphatic heterocycles. The van der Waals surface area contributed by atoms with E-state index < -0.39 is 29.3 Å². The summed E-state index contributed by atoms with van der Waals surface area (Å²) in [6.45, 7) is 3.30. The fraction of sp³-hybridized carbons (Fsp3) is 0.792. The second-order valence-corrected chi connectivity index (χ2v) is 9.03. The molecule has 0 aromatic rings. The Labute approximate surface area is 222 Å². The average molecular weight is 547 g/mol. The molecular formula is C24H42N4O10. The molecule has 14 nitrogen and oxygen atoms in total. The number of rotatable bonds is 24. The first-order valence-corrected chi connectivity index (χ1v) is 12.9.